The van der Waals surface area contributed by atoms with Crippen LogP contribution in [-0.4, -0.2) is 9.78 Å². The summed E-state index contributed by atoms with van der Waals surface area (Å²) < 4.78 is 7.11. The fraction of sp³-hybridized carbons (Fsp3) is 0.0588. The number of hydrogen-bond acceptors (Lipinski definition) is 3. The van der Waals surface area contributed by atoms with E-state index in [1.165, 1.54) is 0 Å². The van der Waals surface area contributed by atoms with E-state index < -0.39 is 5.63 Å². The van der Waals surface area contributed by atoms with E-state index in [2.05, 4.69) is 5.10 Å². The van der Waals surface area contributed by atoms with Gasteiger partial charge in [-0.2, -0.15) is 5.10 Å². The molecule has 4 rings (SSSR count). The zero-order valence-electron chi connectivity index (χ0n) is 12.0. The highest BCUT2D eigenvalue weighted by atomic mass is 35.5. The van der Waals surface area contributed by atoms with Crippen LogP contribution in [-0.2, 0) is 0 Å². The largest absolute Gasteiger partial charge is 0.422 e. The van der Waals surface area contributed by atoms with Crippen molar-refractivity contribution in [3.05, 3.63) is 68.6 Å². The molecule has 0 unspecified atom stereocenters. The van der Waals surface area contributed by atoms with Crippen molar-refractivity contribution in [2.45, 2.75) is 6.92 Å². The summed E-state index contributed by atoms with van der Waals surface area (Å²) in [6, 6.07) is 12.4. The molecule has 0 radical (unpaired) electrons. The van der Waals surface area contributed by atoms with Crippen molar-refractivity contribution in [2.75, 3.05) is 0 Å². The molecule has 23 heavy (non-hydrogen) atoms. The van der Waals surface area contributed by atoms with Gasteiger partial charge in [0, 0.05) is 15.4 Å². The number of aryl methyl sites for hydroxylation is 1. The summed E-state index contributed by atoms with van der Waals surface area (Å²) >= 11 is 12.1. The molecule has 4 aromatic rings. The highest BCUT2D eigenvalue weighted by Crippen LogP contribution is 2.29. The van der Waals surface area contributed by atoms with Gasteiger partial charge < -0.3 is 4.42 Å². The third-order valence-corrected chi connectivity index (χ3v) is 4.22. The van der Waals surface area contributed by atoms with Crippen LogP contribution >= 0.6 is 23.2 Å². The molecule has 4 nitrogen and oxygen atoms in total. The number of halogens is 2. The van der Waals surface area contributed by atoms with E-state index in [9.17, 15) is 4.79 Å². The molecule has 0 aliphatic carbocycles. The normalized spacial score (nSPS) is 11.4. The molecule has 0 atom stereocenters. The van der Waals surface area contributed by atoms with Crippen LogP contribution in [0.15, 0.2) is 51.7 Å². The number of hydrogen-bond donors (Lipinski definition) is 0. The summed E-state index contributed by atoms with van der Waals surface area (Å²) in [7, 11) is 0. The molecular formula is C17H10Cl2N2O2. The monoisotopic (exact) mass is 344 g/mol. The number of nitrogens with zero attached hydrogens (tertiary/aromatic N) is 2. The Morgan fingerprint density at radius 2 is 1.74 bits per heavy atom. The Bertz CT molecular complexity index is 1110. The zero-order chi connectivity index (χ0) is 16.1. The van der Waals surface area contributed by atoms with E-state index >= 15 is 0 Å². The fourth-order valence-corrected chi connectivity index (χ4v) is 3.01. The van der Waals surface area contributed by atoms with Gasteiger partial charge in [-0.3, -0.25) is 0 Å². The first-order valence-electron chi connectivity index (χ1n) is 6.92. The molecule has 0 saturated heterocycles. The molecule has 0 aliphatic heterocycles. The fourth-order valence-electron chi connectivity index (χ4n) is 2.72. The Balaban J connectivity index is 2.21. The van der Waals surface area contributed by atoms with E-state index in [1.807, 2.05) is 12.1 Å². The minimum absolute atomic E-state index is 0.410. The van der Waals surface area contributed by atoms with E-state index in [4.69, 9.17) is 27.6 Å². The quantitative estimate of drug-likeness (QED) is 0.468. The van der Waals surface area contributed by atoms with Crippen LogP contribution in [0, 0.1) is 6.92 Å². The van der Waals surface area contributed by atoms with Crippen LogP contribution in [0.25, 0.3) is 27.6 Å². The Kier molecular flexibility index (Phi) is 3.18. The zero-order valence-corrected chi connectivity index (χ0v) is 13.5. The average Bonchev–Trinajstić information content (AvgIpc) is 2.87. The molecule has 2 aromatic heterocycles. The molecule has 0 bridgehead atoms. The van der Waals surface area contributed by atoms with Gasteiger partial charge in [0.25, 0.3) is 0 Å². The molecule has 2 heterocycles. The summed E-state index contributed by atoms with van der Waals surface area (Å²) in [6.07, 6.45) is 0. The maximum atomic E-state index is 12.3. The average molecular weight is 345 g/mol. The van der Waals surface area contributed by atoms with Crippen molar-refractivity contribution in [2.24, 2.45) is 0 Å². The second-order valence-corrected chi connectivity index (χ2v) is 6.10. The third kappa shape index (κ3) is 2.22. The lowest BCUT2D eigenvalue weighted by Gasteiger charge is -2.06. The molecule has 2 aromatic carbocycles. The number of benzene rings is 2. The van der Waals surface area contributed by atoms with Gasteiger partial charge in [0.2, 0.25) is 0 Å². The van der Waals surface area contributed by atoms with Gasteiger partial charge in [-0.25, -0.2) is 9.48 Å². The molecule has 6 heteroatoms. The number of aromatic nitrogens is 2. The number of fused-ring (bicyclic) bond motifs is 3. The van der Waals surface area contributed by atoms with Crippen LogP contribution in [0.3, 0.4) is 0 Å². The standard InChI is InChI=1S/C17H10Cl2N2O2/c1-9-15-16(21(20-9)12-5-2-10(18)3-6-12)13-8-11(19)4-7-14(13)23-17(15)22/h2-8H,1H3. The Hall–Kier alpha value is -2.30. The van der Waals surface area contributed by atoms with Crippen molar-refractivity contribution >= 4 is 45.1 Å². The van der Waals surface area contributed by atoms with Crippen LogP contribution < -0.4 is 5.63 Å². The van der Waals surface area contributed by atoms with Crippen LogP contribution in [0.4, 0.5) is 0 Å². The van der Waals surface area contributed by atoms with Crippen molar-refractivity contribution in [1.29, 1.82) is 0 Å². The SMILES string of the molecule is Cc1nn(-c2ccc(Cl)cc2)c2c1c(=O)oc1ccc(Cl)cc12. The number of rotatable bonds is 1. The van der Waals surface area contributed by atoms with Crippen molar-refractivity contribution in [1.82, 2.24) is 9.78 Å². The summed E-state index contributed by atoms with van der Waals surface area (Å²) in [5, 5.41) is 6.89. The second-order valence-electron chi connectivity index (χ2n) is 5.23. The topological polar surface area (TPSA) is 48.0 Å². The lowest BCUT2D eigenvalue weighted by molar-refractivity contribution is 0.569. The van der Waals surface area contributed by atoms with Crippen molar-refractivity contribution in [3.8, 4) is 5.69 Å². The summed E-state index contributed by atoms with van der Waals surface area (Å²) in [6.45, 7) is 1.78. The van der Waals surface area contributed by atoms with E-state index in [1.54, 1.807) is 41.9 Å². The Morgan fingerprint density at radius 1 is 1.04 bits per heavy atom. The smallest absolute Gasteiger partial charge is 0.347 e. The first-order chi connectivity index (χ1) is 11.0. The molecule has 0 amide bonds. The van der Waals surface area contributed by atoms with Gasteiger partial charge in [-0.1, -0.05) is 23.2 Å². The van der Waals surface area contributed by atoms with Crippen LogP contribution in [0.2, 0.25) is 10.0 Å². The minimum Gasteiger partial charge on any atom is -0.422 e. The lowest BCUT2D eigenvalue weighted by atomic mass is 10.1. The van der Waals surface area contributed by atoms with Gasteiger partial charge in [0.05, 0.1) is 16.9 Å². The molecule has 0 saturated carbocycles. The maximum Gasteiger partial charge on any atom is 0.347 e. The van der Waals surface area contributed by atoms with E-state index in [0.717, 1.165) is 11.1 Å². The van der Waals surface area contributed by atoms with Crippen LogP contribution in [0.5, 0.6) is 0 Å². The lowest BCUT2D eigenvalue weighted by Crippen LogP contribution is -2.01. The Labute approximate surface area is 140 Å². The molecule has 0 fully saturated rings. The molecule has 0 spiro atoms. The van der Waals surface area contributed by atoms with Gasteiger partial charge in [0.1, 0.15) is 11.0 Å². The van der Waals surface area contributed by atoms with Crippen molar-refractivity contribution < 1.29 is 4.42 Å². The Morgan fingerprint density at radius 3 is 2.48 bits per heavy atom. The van der Waals surface area contributed by atoms with Crippen LogP contribution in [0.1, 0.15) is 5.69 Å². The predicted molar refractivity (Wildman–Crippen MR) is 91.9 cm³/mol. The molecular weight excluding hydrogens is 335 g/mol. The van der Waals surface area contributed by atoms with Gasteiger partial charge in [-0.15, -0.1) is 0 Å². The van der Waals surface area contributed by atoms with Gasteiger partial charge in [-0.05, 0) is 49.4 Å². The van der Waals surface area contributed by atoms with Crippen molar-refractivity contribution in [3.63, 3.8) is 0 Å². The highest BCUT2D eigenvalue weighted by molar-refractivity contribution is 6.31. The second kappa shape index (κ2) is 5.11. The van der Waals surface area contributed by atoms with Gasteiger partial charge >= 0.3 is 5.63 Å². The first kappa shape index (κ1) is 14.3. The maximum absolute atomic E-state index is 12.3. The third-order valence-electron chi connectivity index (χ3n) is 3.74. The first-order valence-corrected chi connectivity index (χ1v) is 7.68. The summed E-state index contributed by atoms with van der Waals surface area (Å²) in [5.41, 5.74) is 2.15. The van der Waals surface area contributed by atoms with E-state index in [-0.39, 0.29) is 0 Å². The minimum atomic E-state index is -0.410. The predicted octanol–water partition coefficient (Wildman–Crippen LogP) is 4.75. The molecule has 114 valence electrons. The molecule has 0 aliphatic rings. The summed E-state index contributed by atoms with van der Waals surface area (Å²) in [5.74, 6) is 0. The highest BCUT2D eigenvalue weighted by Gasteiger charge is 2.17. The van der Waals surface area contributed by atoms with Gasteiger partial charge in [0.15, 0.2) is 0 Å². The summed E-state index contributed by atoms with van der Waals surface area (Å²) in [4.78, 5) is 12.3. The molecule has 0 N–H and O–H groups in total. The van der Waals surface area contributed by atoms with E-state index in [0.29, 0.717) is 32.2 Å².